The molecule has 156 valence electrons. The zero-order valence-electron chi connectivity index (χ0n) is 17.8. The summed E-state index contributed by atoms with van der Waals surface area (Å²) in [7, 11) is 0. The number of pyridine rings is 1. The number of fused-ring (bicyclic) bond motifs is 2. The summed E-state index contributed by atoms with van der Waals surface area (Å²) in [5.41, 5.74) is 3.72. The van der Waals surface area contributed by atoms with Crippen molar-refractivity contribution < 1.29 is 9.59 Å². The lowest BCUT2D eigenvalue weighted by Gasteiger charge is -2.34. The highest BCUT2D eigenvalue weighted by molar-refractivity contribution is 7.20. The van der Waals surface area contributed by atoms with Crippen LogP contribution in [0.25, 0.3) is 10.2 Å². The van der Waals surface area contributed by atoms with Crippen molar-refractivity contribution in [1.82, 2.24) is 10.3 Å². The van der Waals surface area contributed by atoms with Crippen molar-refractivity contribution in [2.24, 2.45) is 11.3 Å². The predicted molar refractivity (Wildman–Crippen MR) is 122 cm³/mol. The van der Waals surface area contributed by atoms with E-state index in [1.807, 2.05) is 36.4 Å². The Morgan fingerprint density at radius 2 is 2.03 bits per heavy atom. The fraction of sp³-hybridized carbons (Fsp3) is 0.400. The topological polar surface area (TPSA) is 59.1 Å². The van der Waals surface area contributed by atoms with Gasteiger partial charge in [0, 0.05) is 17.5 Å². The highest BCUT2D eigenvalue weighted by Crippen LogP contribution is 2.38. The molecule has 4 rings (SSSR count). The minimum absolute atomic E-state index is 0.153. The normalized spacial score (nSPS) is 17.4. The number of hydrogen-bond donors (Lipinski definition) is 1. The number of carbonyl (C=O) groups is 2. The van der Waals surface area contributed by atoms with Crippen LogP contribution >= 0.6 is 11.3 Å². The molecular weight excluding hydrogens is 392 g/mol. The maximum Gasteiger partial charge on any atom is 0.261 e. The van der Waals surface area contributed by atoms with Crippen LogP contribution in [0.4, 0.5) is 0 Å². The minimum atomic E-state index is -0.324. The van der Waals surface area contributed by atoms with Crippen LogP contribution < -0.4 is 5.32 Å². The lowest BCUT2D eigenvalue weighted by molar-refractivity contribution is -0.108. The van der Waals surface area contributed by atoms with E-state index < -0.39 is 0 Å². The minimum Gasteiger partial charge on any atom is -0.344 e. The van der Waals surface area contributed by atoms with Crippen molar-refractivity contribution in [3.63, 3.8) is 0 Å². The molecule has 0 fully saturated rings. The quantitative estimate of drug-likeness (QED) is 0.554. The fourth-order valence-electron chi connectivity index (χ4n) is 4.26. The van der Waals surface area contributed by atoms with Gasteiger partial charge in [0.05, 0.1) is 10.9 Å². The molecule has 2 aromatic heterocycles. The van der Waals surface area contributed by atoms with Gasteiger partial charge in [-0.3, -0.25) is 4.79 Å². The third-order valence-corrected chi connectivity index (χ3v) is 7.20. The van der Waals surface area contributed by atoms with Gasteiger partial charge in [-0.15, -0.1) is 11.3 Å². The van der Waals surface area contributed by atoms with E-state index in [-0.39, 0.29) is 23.8 Å². The van der Waals surface area contributed by atoms with Gasteiger partial charge >= 0.3 is 0 Å². The average Bonchev–Trinajstić information content (AvgIpc) is 3.14. The number of aromatic nitrogens is 1. The van der Waals surface area contributed by atoms with E-state index in [2.05, 4.69) is 32.2 Å². The fourth-order valence-corrected chi connectivity index (χ4v) is 5.20. The van der Waals surface area contributed by atoms with Gasteiger partial charge in [-0.25, -0.2) is 4.98 Å². The summed E-state index contributed by atoms with van der Waals surface area (Å²) in [5, 5.41) is 4.05. The van der Waals surface area contributed by atoms with Crippen LogP contribution in [0.1, 0.15) is 66.1 Å². The highest BCUT2D eigenvalue weighted by Gasteiger charge is 2.29. The molecule has 0 spiro atoms. The Kier molecular flexibility index (Phi) is 5.74. The van der Waals surface area contributed by atoms with Crippen LogP contribution in [0, 0.1) is 11.3 Å². The number of aryl methyl sites for hydroxylation is 1. The third kappa shape index (κ3) is 4.31. The maximum absolute atomic E-state index is 12.9. The first kappa shape index (κ1) is 20.7. The number of amides is 1. The third-order valence-electron chi connectivity index (χ3n) is 6.16. The van der Waals surface area contributed by atoms with Crippen molar-refractivity contribution in [1.29, 1.82) is 0 Å². The number of carbonyl (C=O) groups excluding carboxylic acids is 2. The van der Waals surface area contributed by atoms with Crippen molar-refractivity contribution >= 4 is 33.7 Å². The Bertz CT molecular complexity index is 1070. The number of rotatable bonds is 5. The van der Waals surface area contributed by atoms with Crippen LogP contribution in [0.3, 0.4) is 0 Å². The van der Waals surface area contributed by atoms with Crippen molar-refractivity contribution in [2.45, 2.75) is 52.5 Å². The molecule has 4 nitrogen and oxygen atoms in total. The molecule has 30 heavy (non-hydrogen) atoms. The van der Waals surface area contributed by atoms with Gasteiger partial charge in [0.1, 0.15) is 11.1 Å². The highest BCUT2D eigenvalue weighted by atomic mass is 32.1. The molecule has 0 saturated heterocycles. The van der Waals surface area contributed by atoms with E-state index in [0.717, 1.165) is 41.3 Å². The summed E-state index contributed by atoms with van der Waals surface area (Å²) in [4.78, 5) is 30.5. The van der Waals surface area contributed by atoms with Crippen molar-refractivity contribution in [2.75, 3.05) is 0 Å². The molecule has 1 aliphatic carbocycles. The summed E-state index contributed by atoms with van der Waals surface area (Å²) in [6.07, 6.45) is 4.32. The van der Waals surface area contributed by atoms with Gasteiger partial charge in [-0.05, 0) is 53.9 Å². The number of thiophene rings is 1. The van der Waals surface area contributed by atoms with E-state index in [1.165, 1.54) is 22.6 Å². The molecule has 2 atom stereocenters. The Labute approximate surface area is 181 Å². The molecule has 0 saturated carbocycles. The first-order chi connectivity index (χ1) is 14.3. The Balaban J connectivity index is 1.57. The Morgan fingerprint density at radius 1 is 1.27 bits per heavy atom. The predicted octanol–water partition coefficient (Wildman–Crippen LogP) is 5.51. The molecule has 0 aliphatic heterocycles. The monoisotopic (exact) mass is 420 g/mol. The van der Waals surface area contributed by atoms with Crippen LogP contribution in [-0.2, 0) is 17.6 Å². The molecule has 1 aromatic carbocycles. The van der Waals surface area contributed by atoms with Gasteiger partial charge in [-0.1, -0.05) is 51.1 Å². The second kappa shape index (κ2) is 8.31. The smallest absolute Gasteiger partial charge is 0.261 e. The van der Waals surface area contributed by atoms with Gasteiger partial charge in [0.15, 0.2) is 0 Å². The zero-order chi connectivity index (χ0) is 21.3. The van der Waals surface area contributed by atoms with E-state index in [4.69, 9.17) is 4.98 Å². The lowest BCUT2D eigenvalue weighted by Crippen LogP contribution is -2.28. The molecule has 0 radical (unpaired) electrons. The van der Waals surface area contributed by atoms with E-state index in [0.29, 0.717) is 10.8 Å². The summed E-state index contributed by atoms with van der Waals surface area (Å²) in [6, 6.07) is 13.5. The van der Waals surface area contributed by atoms with Crippen molar-refractivity contribution in [3.8, 4) is 0 Å². The Hall–Kier alpha value is -2.53. The van der Waals surface area contributed by atoms with Gasteiger partial charge in [0.2, 0.25) is 0 Å². The summed E-state index contributed by atoms with van der Waals surface area (Å²) < 4.78 is 0. The summed E-state index contributed by atoms with van der Waals surface area (Å²) >= 11 is 1.43. The van der Waals surface area contributed by atoms with Gasteiger partial charge in [-0.2, -0.15) is 0 Å². The average molecular weight is 421 g/mol. The second-order valence-electron chi connectivity index (χ2n) is 9.24. The van der Waals surface area contributed by atoms with E-state index in [1.54, 1.807) is 0 Å². The first-order valence-electron chi connectivity index (χ1n) is 10.6. The molecule has 1 amide bonds. The van der Waals surface area contributed by atoms with Gasteiger partial charge in [0.25, 0.3) is 5.91 Å². The SMILES string of the molecule is CC(C)(C)[C@H]1CCc2nc3sc(C(=O)N[C@H](CC=O)c4ccccc4)cc3cc2C1. The molecular formula is C25H28N2O2S. The Morgan fingerprint density at radius 3 is 2.73 bits per heavy atom. The largest absolute Gasteiger partial charge is 0.344 e. The number of hydrogen-bond acceptors (Lipinski definition) is 4. The zero-order valence-corrected chi connectivity index (χ0v) is 18.6. The first-order valence-corrected chi connectivity index (χ1v) is 11.4. The van der Waals surface area contributed by atoms with Crippen LogP contribution in [0.5, 0.6) is 0 Å². The molecule has 0 unspecified atom stereocenters. The number of aldehydes is 1. The molecule has 1 aliphatic rings. The number of nitrogens with one attached hydrogen (secondary N) is 1. The molecule has 0 bridgehead atoms. The summed E-state index contributed by atoms with van der Waals surface area (Å²) in [5.74, 6) is 0.500. The maximum atomic E-state index is 12.9. The molecule has 1 N–H and O–H groups in total. The second-order valence-corrected chi connectivity index (χ2v) is 10.3. The number of nitrogens with zero attached hydrogens (tertiary/aromatic N) is 1. The molecule has 3 aromatic rings. The van der Waals surface area contributed by atoms with E-state index >= 15 is 0 Å². The van der Waals surface area contributed by atoms with Crippen LogP contribution in [0.2, 0.25) is 0 Å². The van der Waals surface area contributed by atoms with Crippen LogP contribution in [0.15, 0.2) is 42.5 Å². The standard InChI is InChI=1S/C25H28N2O2S/c1-25(2,3)19-9-10-20-17(14-19)13-18-15-22(30-24(18)27-20)23(29)26-21(11-12-28)16-7-5-4-6-8-16/h4-8,12-13,15,19,21H,9-11,14H2,1-3H3,(H,26,29)/t19-,21+/m0/s1. The molecule has 2 heterocycles. The lowest BCUT2D eigenvalue weighted by atomic mass is 9.71. The van der Waals surface area contributed by atoms with Crippen LogP contribution in [-0.4, -0.2) is 17.2 Å². The summed E-state index contributed by atoms with van der Waals surface area (Å²) in [6.45, 7) is 6.93. The molecule has 5 heteroatoms. The van der Waals surface area contributed by atoms with Crippen molar-refractivity contribution in [3.05, 3.63) is 64.2 Å². The van der Waals surface area contributed by atoms with Gasteiger partial charge < -0.3 is 10.1 Å². The van der Waals surface area contributed by atoms with E-state index in [9.17, 15) is 9.59 Å². The number of benzene rings is 1.